The fourth-order valence-corrected chi connectivity index (χ4v) is 6.19. The van der Waals surface area contributed by atoms with Gasteiger partial charge in [-0.3, -0.25) is 14.5 Å². The first-order valence-corrected chi connectivity index (χ1v) is 10.5. The number of nitrogens with one attached hydrogen (secondary N) is 2. The van der Waals surface area contributed by atoms with E-state index in [1.807, 2.05) is 42.1 Å². The van der Waals surface area contributed by atoms with Crippen molar-refractivity contribution in [1.29, 1.82) is 0 Å². The summed E-state index contributed by atoms with van der Waals surface area (Å²) in [4.78, 5) is 28.8. The van der Waals surface area contributed by atoms with Crippen molar-refractivity contribution in [2.45, 2.75) is 18.0 Å². The number of nitrogens with zero attached hydrogens (tertiary/aromatic N) is 1. The molecule has 3 heterocycles. The van der Waals surface area contributed by atoms with E-state index in [9.17, 15) is 9.59 Å². The molecule has 0 bridgehead atoms. The number of amides is 2. The maximum atomic E-state index is 13.3. The molecule has 3 aliphatic heterocycles. The fraction of sp³-hybridized carbons (Fsp3) is 0.300. The zero-order valence-corrected chi connectivity index (χ0v) is 16.0. The zero-order chi connectivity index (χ0) is 18.6. The van der Waals surface area contributed by atoms with Gasteiger partial charge in [-0.1, -0.05) is 35.9 Å². The lowest BCUT2D eigenvalue weighted by molar-refractivity contribution is -0.134. The zero-order valence-electron chi connectivity index (χ0n) is 14.4. The summed E-state index contributed by atoms with van der Waals surface area (Å²) in [6, 6.07) is 15.0. The highest BCUT2D eigenvalue weighted by atomic mass is 35.5. The number of hydrogen-bond donors (Lipinski definition) is 2. The Labute approximate surface area is 166 Å². The molecule has 138 valence electrons. The Balaban J connectivity index is 1.57. The molecule has 27 heavy (non-hydrogen) atoms. The summed E-state index contributed by atoms with van der Waals surface area (Å²) in [6.45, 7) is 0. The number of benzene rings is 2. The summed E-state index contributed by atoms with van der Waals surface area (Å²) in [5.41, 5.74) is 1.43. The highest BCUT2D eigenvalue weighted by Gasteiger charge is 2.65. The van der Waals surface area contributed by atoms with E-state index >= 15 is 0 Å². The molecule has 2 saturated heterocycles. The van der Waals surface area contributed by atoms with E-state index in [0.29, 0.717) is 17.1 Å². The average molecular weight is 400 g/mol. The van der Waals surface area contributed by atoms with Crippen LogP contribution in [0.4, 0.5) is 11.4 Å². The molecule has 5 nitrogen and oxygen atoms in total. The second kappa shape index (κ2) is 6.26. The third kappa shape index (κ3) is 2.43. The molecule has 2 N–H and O–H groups in total. The summed E-state index contributed by atoms with van der Waals surface area (Å²) < 4.78 is 0. The van der Waals surface area contributed by atoms with Gasteiger partial charge in [-0.25, -0.2) is 0 Å². The van der Waals surface area contributed by atoms with Crippen LogP contribution >= 0.6 is 23.4 Å². The first-order valence-electron chi connectivity index (χ1n) is 8.92. The molecule has 0 unspecified atom stereocenters. The van der Waals surface area contributed by atoms with Crippen molar-refractivity contribution in [2.24, 2.45) is 5.92 Å². The van der Waals surface area contributed by atoms with Crippen molar-refractivity contribution in [3.05, 3.63) is 59.1 Å². The fourth-order valence-electron chi connectivity index (χ4n) is 4.70. The van der Waals surface area contributed by atoms with Crippen molar-refractivity contribution in [3.8, 4) is 0 Å². The number of carbonyl (C=O) groups excluding carboxylic acids is 2. The van der Waals surface area contributed by atoms with Crippen molar-refractivity contribution in [1.82, 2.24) is 4.90 Å². The van der Waals surface area contributed by atoms with Crippen molar-refractivity contribution in [2.75, 3.05) is 22.3 Å². The van der Waals surface area contributed by atoms with Crippen LogP contribution in [0.25, 0.3) is 0 Å². The molecular weight excluding hydrogens is 382 g/mol. The number of thioether (sulfide) groups is 1. The molecule has 0 aliphatic carbocycles. The van der Waals surface area contributed by atoms with Gasteiger partial charge in [0.1, 0.15) is 5.54 Å². The average Bonchev–Trinajstić information content (AvgIpc) is 3.30. The minimum Gasteiger partial charge on any atom is -0.326 e. The van der Waals surface area contributed by atoms with E-state index in [4.69, 9.17) is 11.6 Å². The molecule has 2 amide bonds. The van der Waals surface area contributed by atoms with Crippen LogP contribution in [-0.2, 0) is 15.1 Å². The Morgan fingerprint density at radius 2 is 2.11 bits per heavy atom. The summed E-state index contributed by atoms with van der Waals surface area (Å²) in [5, 5.41) is 6.55. The van der Waals surface area contributed by atoms with Crippen LogP contribution in [0.2, 0.25) is 5.02 Å². The summed E-state index contributed by atoms with van der Waals surface area (Å²) >= 11 is 7.87. The highest BCUT2D eigenvalue weighted by Crippen LogP contribution is 2.55. The highest BCUT2D eigenvalue weighted by molar-refractivity contribution is 7.99. The molecule has 2 aromatic carbocycles. The first-order chi connectivity index (χ1) is 13.1. The van der Waals surface area contributed by atoms with Crippen molar-refractivity contribution >= 4 is 46.6 Å². The normalized spacial score (nSPS) is 28.9. The van der Waals surface area contributed by atoms with Crippen molar-refractivity contribution < 1.29 is 9.59 Å². The van der Waals surface area contributed by atoms with Gasteiger partial charge in [0.05, 0.1) is 5.92 Å². The van der Waals surface area contributed by atoms with Gasteiger partial charge in [-0.2, -0.15) is 0 Å². The second-order valence-corrected chi connectivity index (χ2v) is 8.61. The van der Waals surface area contributed by atoms with E-state index in [1.165, 1.54) is 0 Å². The predicted octanol–water partition coefficient (Wildman–Crippen LogP) is 3.52. The first kappa shape index (κ1) is 17.1. The Morgan fingerprint density at radius 1 is 1.26 bits per heavy atom. The minimum atomic E-state index is -0.937. The third-order valence-electron chi connectivity index (χ3n) is 5.79. The van der Waals surface area contributed by atoms with Crippen LogP contribution in [0.5, 0.6) is 0 Å². The standard InChI is InChI=1S/C20H18ClN3O2S/c21-12-4-3-5-13(8-12)22-18(25)16-9-14-10-27-11-24(14)20(16)15-6-1-2-7-17(15)23-19(20)26/h1-8,14,16H,9-11H2,(H,22,25)(H,23,26)/t14-,16-,20-/m0/s1. The van der Waals surface area contributed by atoms with Crippen molar-refractivity contribution in [3.63, 3.8) is 0 Å². The van der Waals surface area contributed by atoms with E-state index < -0.39 is 11.5 Å². The minimum absolute atomic E-state index is 0.0973. The van der Waals surface area contributed by atoms with Gasteiger partial charge in [0.25, 0.3) is 0 Å². The number of hydrogen-bond acceptors (Lipinski definition) is 4. The van der Waals surface area contributed by atoms with E-state index in [0.717, 1.165) is 22.9 Å². The van der Waals surface area contributed by atoms with Crippen LogP contribution < -0.4 is 10.6 Å². The smallest absolute Gasteiger partial charge is 0.250 e. The van der Waals surface area contributed by atoms with Gasteiger partial charge in [0, 0.05) is 39.6 Å². The Kier molecular flexibility index (Phi) is 3.96. The van der Waals surface area contributed by atoms with E-state index in [2.05, 4.69) is 15.5 Å². The molecule has 0 radical (unpaired) electrons. The van der Waals surface area contributed by atoms with Gasteiger partial charge in [0.15, 0.2) is 0 Å². The van der Waals surface area contributed by atoms with Crippen LogP contribution in [0.15, 0.2) is 48.5 Å². The van der Waals surface area contributed by atoms with Crippen LogP contribution in [0.3, 0.4) is 0 Å². The van der Waals surface area contributed by atoms with E-state index in [1.54, 1.807) is 18.2 Å². The molecular formula is C20H18ClN3O2S. The molecule has 0 aromatic heterocycles. The molecule has 7 heteroatoms. The second-order valence-electron chi connectivity index (χ2n) is 7.18. The molecule has 2 fully saturated rings. The van der Waals surface area contributed by atoms with Gasteiger partial charge >= 0.3 is 0 Å². The lowest BCUT2D eigenvalue weighted by atomic mass is 9.79. The van der Waals surface area contributed by atoms with Crippen LogP contribution in [-0.4, -0.2) is 34.4 Å². The van der Waals surface area contributed by atoms with Gasteiger partial charge in [-0.05, 0) is 30.7 Å². The Hall–Kier alpha value is -2.02. The number of para-hydroxylation sites is 1. The molecule has 5 rings (SSSR count). The van der Waals surface area contributed by atoms with Crippen LogP contribution in [0.1, 0.15) is 12.0 Å². The summed E-state index contributed by atoms with van der Waals surface area (Å²) in [6.07, 6.45) is 0.668. The number of rotatable bonds is 2. The van der Waals surface area contributed by atoms with E-state index in [-0.39, 0.29) is 17.9 Å². The Morgan fingerprint density at radius 3 is 2.96 bits per heavy atom. The SMILES string of the molecule is O=C(Nc1cccc(Cl)c1)[C@@H]1C[C@H]2CSCN2[C@]12C(=O)Nc1ccccc12. The largest absolute Gasteiger partial charge is 0.326 e. The summed E-state index contributed by atoms with van der Waals surface area (Å²) in [7, 11) is 0. The predicted molar refractivity (Wildman–Crippen MR) is 108 cm³/mol. The lowest BCUT2D eigenvalue weighted by Crippen LogP contribution is -2.53. The molecule has 2 aromatic rings. The number of fused-ring (bicyclic) bond motifs is 4. The van der Waals surface area contributed by atoms with Gasteiger partial charge < -0.3 is 10.6 Å². The quantitative estimate of drug-likeness (QED) is 0.811. The number of anilines is 2. The topological polar surface area (TPSA) is 61.4 Å². The Bertz CT molecular complexity index is 952. The maximum Gasteiger partial charge on any atom is 0.250 e. The number of carbonyl (C=O) groups is 2. The summed E-state index contributed by atoms with van der Waals surface area (Å²) in [5.74, 6) is 1.01. The van der Waals surface area contributed by atoms with Gasteiger partial charge in [0.2, 0.25) is 11.8 Å². The third-order valence-corrected chi connectivity index (χ3v) is 7.10. The monoisotopic (exact) mass is 399 g/mol. The maximum absolute atomic E-state index is 13.3. The van der Waals surface area contributed by atoms with Gasteiger partial charge in [-0.15, -0.1) is 11.8 Å². The molecule has 3 atom stereocenters. The van der Waals surface area contributed by atoms with Crippen LogP contribution in [0, 0.1) is 5.92 Å². The molecule has 0 saturated carbocycles. The lowest BCUT2D eigenvalue weighted by Gasteiger charge is -2.36. The molecule has 1 spiro atoms. The number of halogens is 1. The molecule has 3 aliphatic rings.